The number of hydrogen-bond acceptors (Lipinski definition) is 7. The first-order valence-electron chi connectivity index (χ1n) is 8.97. The largest absolute Gasteiger partial charge is 0.477 e. The molecule has 0 fully saturated rings. The van der Waals surface area contributed by atoms with Crippen LogP contribution in [0.5, 0.6) is 0 Å². The van der Waals surface area contributed by atoms with Gasteiger partial charge in [-0.05, 0) is 49.7 Å². The number of amides is 2. The number of carboxylic acid groups (broad SMARTS) is 1. The summed E-state index contributed by atoms with van der Waals surface area (Å²) in [4.78, 5) is 38.3. The van der Waals surface area contributed by atoms with Crippen molar-refractivity contribution in [2.24, 2.45) is 0 Å². The van der Waals surface area contributed by atoms with Gasteiger partial charge in [0.15, 0.2) is 0 Å². The van der Waals surface area contributed by atoms with Crippen LogP contribution in [-0.2, 0) is 14.8 Å². The molecule has 2 amide bonds. The summed E-state index contributed by atoms with van der Waals surface area (Å²) in [7, 11) is -4.20. The zero-order chi connectivity index (χ0) is 22.1. The van der Waals surface area contributed by atoms with E-state index in [4.69, 9.17) is 9.84 Å². The summed E-state index contributed by atoms with van der Waals surface area (Å²) in [5.74, 6) is -2.59. The molecule has 0 atom stereocenters. The predicted molar refractivity (Wildman–Crippen MR) is 106 cm³/mol. The van der Waals surface area contributed by atoms with E-state index in [2.05, 4.69) is 10.3 Å². The van der Waals surface area contributed by atoms with E-state index in [1.807, 2.05) is 11.6 Å². The van der Waals surface area contributed by atoms with Gasteiger partial charge in [-0.3, -0.25) is 9.59 Å². The van der Waals surface area contributed by atoms with Crippen molar-refractivity contribution < 1.29 is 32.6 Å². The summed E-state index contributed by atoms with van der Waals surface area (Å²) in [5.41, 5.74) is -0.127. The zero-order valence-electron chi connectivity index (χ0n) is 16.1. The maximum absolute atomic E-state index is 12.4. The van der Waals surface area contributed by atoms with Crippen LogP contribution in [-0.4, -0.2) is 56.1 Å². The molecule has 0 spiro atoms. The van der Waals surface area contributed by atoms with Crippen molar-refractivity contribution in [1.82, 2.24) is 15.0 Å². The molecule has 0 saturated heterocycles. The zero-order valence-corrected chi connectivity index (χ0v) is 16.9. The number of rotatable bonds is 10. The highest BCUT2D eigenvalue weighted by atomic mass is 32.2. The molecule has 160 valence electrons. The second-order valence-electron chi connectivity index (χ2n) is 6.00. The van der Waals surface area contributed by atoms with Crippen LogP contribution in [0, 0.1) is 0 Å². The highest BCUT2D eigenvalue weighted by Crippen LogP contribution is 2.12. The average molecular weight is 435 g/mol. The minimum Gasteiger partial charge on any atom is -0.477 e. The Morgan fingerprint density at radius 1 is 1.03 bits per heavy atom. The summed E-state index contributed by atoms with van der Waals surface area (Å²) >= 11 is 0. The Balaban J connectivity index is 1.99. The summed E-state index contributed by atoms with van der Waals surface area (Å²) in [6, 6.07) is 7.32. The first-order valence-corrected chi connectivity index (χ1v) is 10.5. The van der Waals surface area contributed by atoms with Crippen molar-refractivity contribution in [1.29, 1.82) is 0 Å². The fourth-order valence-corrected chi connectivity index (χ4v) is 3.28. The quantitative estimate of drug-likeness (QED) is 0.469. The highest BCUT2D eigenvalue weighted by molar-refractivity contribution is 7.90. The van der Waals surface area contributed by atoms with E-state index in [9.17, 15) is 22.8 Å². The third-order valence-electron chi connectivity index (χ3n) is 3.85. The summed E-state index contributed by atoms with van der Waals surface area (Å²) in [6.07, 6.45) is 1.62. The van der Waals surface area contributed by atoms with Crippen molar-refractivity contribution in [2.75, 3.05) is 19.8 Å². The standard InChI is InChI=1S/C19H21N3O7S/c1-2-29-11-3-10-20-17(23)13-4-7-15(8-5-13)30(27,28)22-18(24)14-6-9-16(19(25)26)21-12-14/h4-9,12H,2-3,10-11H2,1H3,(H,20,23)(H,22,24)(H,25,26). The van der Waals surface area contributed by atoms with Crippen LogP contribution in [0.1, 0.15) is 44.5 Å². The van der Waals surface area contributed by atoms with Crippen molar-refractivity contribution >= 4 is 27.8 Å². The normalized spacial score (nSPS) is 11.0. The molecule has 0 radical (unpaired) electrons. The monoisotopic (exact) mass is 435 g/mol. The molecule has 2 aromatic rings. The lowest BCUT2D eigenvalue weighted by Gasteiger charge is -2.09. The van der Waals surface area contributed by atoms with Crippen LogP contribution in [0.15, 0.2) is 47.5 Å². The van der Waals surface area contributed by atoms with Gasteiger partial charge in [-0.25, -0.2) is 22.9 Å². The van der Waals surface area contributed by atoms with E-state index < -0.39 is 21.9 Å². The fourth-order valence-electron chi connectivity index (χ4n) is 2.30. The molecule has 30 heavy (non-hydrogen) atoms. The third kappa shape index (κ3) is 6.36. The molecule has 11 heteroatoms. The molecule has 3 N–H and O–H groups in total. The Labute approximate surface area is 173 Å². The van der Waals surface area contributed by atoms with Crippen molar-refractivity contribution in [3.8, 4) is 0 Å². The fraction of sp³-hybridized carbons (Fsp3) is 0.263. The molecule has 0 aliphatic rings. The Bertz CT molecular complexity index is 1000. The number of benzene rings is 1. The van der Waals surface area contributed by atoms with Gasteiger partial charge in [0.25, 0.3) is 21.8 Å². The number of aromatic carboxylic acids is 1. The van der Waals surface area contributed by atoms with Gasteiger partial charge in [0.1, 0.15) is 5.69 Å². The van der Waals surface area contributed by atoms with E-state index in [-0.39, 0.29) is 27.6 Å². The van der Waals surface area contributed by atoms with E-state index >= 15 is 0 Å². The van der Waals surface area contributed by atoms with Gasteiger partial charge in [-0.2, -0.15) is 0 Å². The minimum absolute atomic E-state index is 0.119. The number of carbonyl (C=O) groups excluding carboxylic acids is 2. The van der Waals surface area contributed by atoms with Gasteiger partial charge in [-0.1, -0.05) is 0 Å². The van der Waals surface area contributed by atoms with Crippen molar-refractivity contribution in [2.45, 2.75) is 18.2 Å². The summed E-state index contributed by atoms with van der Waals surface area (Å²) < 4.78 is 31.8. The molecule has 1 heterocycles. The Hall–Kier alpha value is -3.31. The van der Waals surface area contributed by atoms with E-state index in [0.29, 0.717) is 26.2 Å². The predicted octanol–water partition coefficient (Wildman–Crippen LogP) is 1.05. The molecule has 0 saturated carbocycles. The molecular weight excluding hydrogens is 414 g/mol. The van der Waals surface area contributed by atoms with Crippen molar-refractivity contribution in [3.05, 3.63) is 59.4 Å². The number of pyridine rings is 1. The highest BCUT2D eigenvalue weighted by Gasteiger charge is 2.20. The van der Waals surface area contributed by atoms with Crippen LogP contribution in [0.4, 0.5) is 0 Å². The number of hydrogen-bond donors (Lipinski definition) is 3. The van der Waals surface area contributed by atoms with Gasteiger partial charge in [0.2, 0.25) is 0 Å². The van der Waals surface area contributed by atoms with E-state index in [0.717, 1.165) is 18.3 Å². The maximum Gasteiger partial charge on any atom is 0.354 e. The first-order chi connectivity index (χ1) is 14.2. The lowest BCUT2D eigenvalue weighted by Crippen LogP contribution is -2.31. The molecule has 10 nitrogen and oxygen atoms in total. The Morgan fingerprint density at radius 3 is 2.27 bits per heavy atom. The molecule has 0 aliphatic carbocycles. The number of nitrogens with one attached hydrogen (secondary N) is 2. The number of aromatic nitrogens is 1. The molecule has 0 aliphatic heterocycles. The first kappa shape index (κ1) is 23.0. The molecule has 2 rings (SSSR count). The number of nitrogens with zero attached hydrogens (tertiary/aromatic N) is 1. The number of ether oxygens (including phenoxy) is 1. The molecular formula is C19H21N3O7S. The van der Waals surface area contributed by atoms with Gasteiger partial charge in [-0.15, -0.1) is 0 Å². The Morgan fingerprint density at radius 2 is 1.70 bits per heavy atom. The maximum atomic E-state index is 12.4. The van der Waals surface area contributed by atoms with Crippen LogP contribution >= 0.6 is 0 Å². The van der Waals surface area contributed by atoms with Crippen LogP contribution in [0.3, 0.4) is 0 Å². The molecule has 0 unspecified atom stereocenters. The van der Waals surface area contributed by atoms with Crippen LogP contribution in [0.25, 0.3) is 0 Å². The second-order valence-corrected chi connectivity index (χ2v) is 7.69. The smallest absolute Gasteiger partial charge is 0.354 e. The number of carbonyl (C=O) groups is 3. The van der Waals surface area contributed by atoms with Crippen LogP contribution in [0.2, 0.25) is 0 Å². The summed E-state index contributed by atoms with van der Waals surface area (Å²) in [5, 5.41) is 11.5. The molecule has 1 aromatic carbocycles. The van der Waals surface area contributed by atoms with E-state index in [1.165, 1.54) is 24.3 Å². The minimum atomic E-state index is -4.20. The van der Waals surface area contributed by atoms with Gasteiger partial charge >= 0.3 is 5.97 Å². The SMILES string of the molecule is CCOCCCNC(=O)c1ccc(S(=O)(=O)NC(=O)c2ccc(C(=O)O)nc2)cc1. The topological polar surface area (TPSA) is 152 Å². The van der Waals surface area contributed by atoms with E-state index in [1.54, 1.807) is 0 Å². The summed E-state index contributed by atoms with van der Waals surface area (Å²) in [6.45, 7) is 3.43. The lowest BCUT2D eigenvalue weighted by molar-refractivity contribution is 0.0689. The lowest BCUT2D eigenvalue weighted by atomic mass is 10.2. The van der Waals surface area contributed by atoms with Crippen molar-refractivity contribution in [3.63, 3.8) is 0 Å². The van der Waals surface area contributed by atoms with Gasteiger partial charge in [0.05, 0.1) is 10.5 Å². The van der Waals surface area contributed by atoms with Gasteiger partial charge in [0, 0.05) is 31.5 Å². The number of carboxylic acids is 1. The average Bonchev–Trinajstić information content (AvgIpc) is 2.73. The van der Waals surface area contributed by atoms with Crippen LogP contribution < -0.4 is 10.0 Å². The third-order valence-corrected chi connectivity index (χ3v) is 5.20. The Kier molecular flexibility index (Phi) is 8.01. The van der Waals surface area contributed by atoms with Gasteiger partial charge < -0.3 is 15.2 Å². The number of sulfonamides is 1. The molecule has 1 aromatic heterocycles. The molecule has 0 bridgehead atoms. The second kappa shape index (κ2) is 10.5.